The van der Waals surface area contributed by atoms with Crippen LogP contribution < -0.4 is 4.90 Å². The number of rotatable bonds is 3. The first-order valence-corrected chi connectivity index (χ1v) is 8.10. The summed E-state index contributed by atoms with van der Waals surface area (Å²) in [5, 5.41) is 20.9. The quantitative estimate of drug-likeness (QED) is 0.659. The van der Waals surface area contributed by atoms with E-state index in [1.54, 1.807) is 4.90 Å². The predicted octanol–water partition coefficient (Wildman–Crippen LogP) is 0.959. The Balaban J connectivity index is 2.56. The molecule has 1 saturated heterocycles. The van der Waals surface area contributed by atoms with E-state index in [1.807, 2.05) is 0 Å². The molecule has 0 unspecified atom stereocenters. The average Bonchev–Trinajstić information content (AvgIpc) is 2.36. The SMILES string of the molecule is CS(=O)(=O)c1cccc(N2CCC[C@H](O)C2)c1[N+](=O)[O-]. The maximum atomic E-state index is 11.7. The molecule has 0 saturated carbocycles. The van der Waals surface area contributed by atoms with Gasteiger partial charge < -0.3 is 10.0 Å². The summed E-state index contributed by atoms with van der Waals surface area (Å²) in [6, 6.07) is 4.24. The number of β-amino-alcohol motifs (C(OH)–C–C–N with tert-alkyl or cyclic N) is 1. The first-order valence-electron chi connectivity index (χ1n) is 6.21. The Labute approximate surface area is 116 Å². The Kier molecular flexibility index (Phi) is 3.96. The standard InChI is InChI=1S/C12H16N2O5S/c1-20(18,19)11-6-2-5-10(12(11)14(16)17)13-7-3-4-9(15)8-13/h2,5-6,9,15H,3-4,7-8H2,1H3/t9-/m0/s1. The smallest absolute Gasteiger partial charge is 0.311 e. The first kappa shape index (κ1) is 14.7. The molecule has 0 radical (unpaired) electrons. The van der Waals surface area contributed by atoms with Crippen LogP contribution in [0.3, 0.4) is 0 Å². The fraction of sp³-hybridized carbons (Fsp3) is 0.500. The third-order valence-electron chi connectivity index (χ3n) is 3.30. The summed E-state index contributed by atoms with van der Waals surface area (Å²) in [6.45, 7) is 0.833. The summed E-state index contributed by atoms with van der Waals surface area (Å²) < 4.78 is 23.4. The van der Waals surface area contributed by atoms with E-state index >= 15 is 0 Å². The zero-order chi connectivity index (χ0) is 14.9. The maximum absolute atomic E-state index is 11.7. The molecule has 1 fully saturated rings. The van der Waals surface area contributed by atoms with E-state index in [0.717, 1.165) is 6.26 Å². The highest BCUT2D eigenvalue weighted by Gasteiger charge is 2.30. The van der Waals surface area contributed by atoms with Crippen LogP contribution in [0.25, 0.3) is 0 Å². The van der Waals surface area contributed by atoms with Crippen LogP contribution in [0.5, 0.6) is 0 Å². The Hall–Kier alpha value is -1.67. The molecule has 1 aromatic carbocycles. The van der Waals surface area contributed by atoms with Crippen molar-refractivity contribution in [3.63, 3.8) is 0 Å². The number of nitro benzene ring substituents is 1. The molecular formula is C12H16N2O5S. The number of benzene rings is 1. The number of piperidine rings is 1. The van der Waals surface area contributed by atoms with Gasteiger partial charge in [-0.15, -0.1) is 0 Å². The third-order valence-corrected chi connectivity index (χ3v) is 4.43. The van der Waals surface area contributed by atoms with E-state index in [2.05, 4.69) is 0 Å². The van der Waals surface area contributed by atoms with Gasteiger partial charge in [-0.25, -0.2) is 8.42 Å². The number of aliphatic hydroxyl groups is 1. The van der Waals surface area contributed by atoms with E-state index in [1.165, 1.54) is 18.2 Å². The molecule has 1 aromatic rings. The van der Waals surface area contributed by atoms with E-state index in [9.17, 15) is 23.6 Å². The zero-order valence-electron chi connectivity index (χ0n) is 11.0. The van der Waals surface area contributed by atoms with Gasteiger partial charge in [0.05, 0.1) is 11.0 Å². The van der Waals surface area contributed by atoms with E-state index in [-0.39, 0.29) is 17.1 Å². The Morgan fingerprint density at radius 2 is 2.15 bits per heavy atom. The lowest BCUT2D eigenvalue weighted by atomic mass is 10.1. The fourth-order valence-corrected chi connectivity index (χ4v) is 3.28. The molecule has 1 aliphatic heterocycles. The molecule has 2 rings (SSSR count). The Morgan fingerprint density at radius 1 is 1.45 bits per heavy atom. The van der Waals surface area contributed by atoms with Crippen molar-refractivity contribution in [3.8, 4) is 0 Å². The number of anilines is 1. The number of sulfone groups is 1. The van der Waals surface area contributed by atoms with Crippen LogP contribution in [-0.2, 0) is 9.84 Å². The van der Waals surface area contributed by atoms with Crippen LogP contribution in [-0.4, -0.2) is 43.9 Å². The van der Waals surface area contributed by atoms with Crippen LogP contribution in [0.15, 0.2) is 23.1 Å². The summed E-state index contributed by atoms with van der Waals surface area (Å²) in [6.07, 6.45) is 1.76. The van der Waals surface area contributed by atoms with Gasteiger partial charge in [-0.2, -0.15) is 0 Å². The summed E-state index contributed by atoms with van der Waals surface area (Å²) in [5.74, 6) is 0. The first-order chi connectivity index (χ1) is 9.30. The van der Waals surface area contributed by atoms with Gasteiger partial charge in [-0.3, -0.25) is 10.1 Å². The Bertz CT molecular complexity index is 629. The minimum absolute atomic E-state index is 0.247. The lowest BCUT2D eigenvalue weighted by molar-refractivity contribution is -0.387. The molecule has 8 heteroatoms. The molecule has 20 heavy (non-hydrogen) atoms. The minimum Gasteiger partial charge on any atom is -0.391 e. The molecule has 1 heterocycles. The molecule has 1 atom stereocenters. The van der Waals surface area contributed by atoms with E-state index in [0.29, 0.717) is 19.4 Å². The van der Waals surface area contributed by atoms with Crippen molar-refractivity contribution in [3.05, 3.63) is 28.3 Å². The highest BCUT2D eigenvalue weighted by atomic mass is 32.2. The van der Waals surface area contributed by atoms with E-state index in [4.69, 9.17) is 0 Å². The summed E-state index contributed by atoms with van der Waals surface area (Å²) in [5.41, 5.74) is -0.166. The van der Waals surface area contributed by atoms with Crippen molar-refractivity contribution >= 4 is 21.2 Å². The van der Waals surface area contributed by atoms with Crippen molar-refractivity contribution < 1.29 is 18.4 Å². The summed E-state index contributed by atoms with van der Waals surface area (Å²) in [7, 11) is -3.68. The number of nitro groups is 1. The minimum atomic E-state index is -3.68. The average molecular weight is 300 g/mol. The summed E-state index contributed by atoms with van der Waals surface area (Å²) >= 11 is 0. The lowest BCUT2D eigenvalue weighted by Gasteiger charge is -2.31. The molecular weight excluding hydrogens is 284 g/mol. The Morgan fingerprint density at radius 3 is 2.70 bits per heavy atom. The second-order valence-electron chi connectivity index (χ2n) is 4.90. The normalized spacial score (nSPS) is 19.9. The zero-order valence-corrected chi connectivity index (χ0v) is 11.8. The maximum Gasteiger partial charge on any atom is 0.311 e. The highest BCUT2D eigenvalue weighted by Crippen LogP contribution is 2.35. The van der Waals surface area contributed by atoms with Crippen LogP contribution in [0.4, 0.5) is 11.4 Å². The van der Waals surface area contributed by atoms with Gasteiger partial charge in [0.15, 0.2) is 9.84 Å². The van der Waals surface area contributed by atoms with Crippen molar-refractivity contribution in [1.82, 2.24) is 0 Å². The molecule has 0 amide bonds. The fourth-order valence-electron chi connectivity index (χ4n) is 2.42. The molecule has 1 N–H and O–H groups in total. The van der Waals surface area contributed by atoms with Crippen LogP contribution in [0, 0.1) is 10.1 Å². The number of hydrogen-bond donors (Lipinski definition) is 1. The van der Waals surface area contributed by atoms with Gasteiger partial charge in [0.1, 0.15) is 10.6 Å². The van der Waals surface area contributed by atoms with Gasteiger partial charge in [0.2, 0.25) is 0 Å². The van der Waals surface area contributed by atoms with Gasteiger partial charge in [0.25, 0.3) is 0 Å². The second-order valence-corrected chi connectivity index (χ2v) is 6.88. The van der Waals surface area contributed by atoms with Gasteiger partial charge >= 0.3 is 5.69 Å². The van der Waals surface area contributed by atoms with Crippen LogP contribution in [0.2, 0.25) is 0 Å². The molecule has 1 aliphatic rings. The van der Waals surface area contributed by atoms with Crippen LogP contribution in [0.1, 0.15) is 12.8 Å². The van der Waals surface area contributed by atoms with Gasteiger partial charge in [0, 0.05) is 19.3 Å². The largest absolute Gasteiger partial charge is 0.391 e. The topological polar surface area (TPSA) is 101 Å². The van der Waals surface area contributed by atoms with Crippen molar-refractivity contribution in [2.45, 2.75) is 23.8 Å². The number of para-hydroxylation sites is 1. The monoisotopic (exact) mass is 300 g/mol. The molecule has 0 spiro atoms. The molecule has 0 aromatic heterocycles. The molecule has 110 valence electrons. The van der Waals surface area contributed by atoms with Crippen molar-refractivity contribution in [2.24, 2.45) is 0 Å². The summed E-state index contributed by atoms with van der Waals surface area (Å²) in [4.78, 5) is 12.0. The molecule has 7 nitrogen and oxygen atoms in total. The predicted molar refractivity (Wildman–Crippen MR) is 73.7 cm³/mol. The van der Waals surface area contributed by atoms with Crippen LogP contribution >= 0.6 is 0 Å². The van der Waals surface area contributed by atoms with Crippen molar-refractivity contribution in [1.29, 1.82) is 0 Å². The number of nitrogens with zero attached hydrogens (tertiary/aromatic N) is 2. The highest BCUT2D eigenvalue weighted by molar-refractivity contribution is 7.90. The van der Waals surface area contributed by atoms with E-state index < -0.39 is 26.6 Å². The van der Waals surface area contributed by atoms with Gasteiger partial charge in [-0.05, 0) is 25.0 Å². The number of aliphatic hydroxyl groups excluding tert-OH is 1. The molecule has 0 aliphatic carbocycles. The van der Waals surface area contributed by atoms with Crippen molar-refractivity contribution in [2.75, 3.05) is 24.2 Å². The van der Waals surface area contributed by atoms with Gasteiger partial charge in [-0.1, -0.05) is 6.07 Å². The number of hydrogen-bond acceptors (Lipinski definition) is 6. The third kappa shape index (κ3) is 2.91. The lowest BCUT2D eigenvalue weighted by Crippen LogP contribution is -2.38. The second kappa shape index (κ2) is 5.37. The molecule has 0 bridgehead atoms.